The minimum absolute atomic E-state index is 0.0631. The van der Waals surface area contributed by atoms with Gasteiger partial charge in [-0.05, 0) is 34.1 Å². The van der Waals surface area contributed by atoms with Gasteiger partial charge in [0.15, 0.2) is 5.78 Å². The zero-order valence-electron chi connectivity index (χ0n) is 5.73. The van der Waals surface area contributed by atoms with Gasteiger partial charge in [-0.1, -0.05) is 18.5 Å². The SMILES string of the molecule is CCC(=O)c1c(I)nsc1Cl. The molecule has 1 aromatic heterocycles. The van der Waals surface area contributed by atoms with E-state index in [0.29, 0.717) is 20.0 Å². The molecule has 11 heavy (non-hydrogen) atoms. The fourth-order valence-corrected chi connectivity index (χ4v) is 2.71. The molecule has 0 spiro atoms. The Balaban J connectivity index is 3.10. The second-order valence-electron chi connectivity index (χ2n) is 1.90. The lowest BCUT2D eigenvalue weighted by atomic mass is 10.2. The molecule has 0 aromatic carbocycles. The van der Waals surface area contributed by atoms with Gasteiger partial charge in [0.05, 0.1) is 5.56 Å². The number of carbonyl (C=O) groups excluding carboxylic acids is 1. The first kappa shape index (κ1) is 9.41. The second-order valence-corrected chi connectivity index (χ2v) is 4.30. The fourth-order valence-electron chi connectivity index (χ4n) is 0.654. The average molecular weight is 302 g/mol. The van der Waals surface area contributed by atoms with E-state index in [1.54, 1.807) is 0 Å². The molecule has 0 N–H and O–H groups in total. The molecule has 1 aromatic rings. The Morgan fingerprint density at radius 1 is 1.82 bits per heavy atom. The number of halogens is 2. The maximum atomic E-state index is 11.2. The second kappa shape index (κ2) is 3.82. The van der Waals surface area contributed by atoms with Gasteiger partial charge >= 0.3 is 0 Å². The summed E-state index contributed by atoms with van der Waals surface area (Å²) >= 11 is 8.92. The van der Waals surface area contributed by atoms with Gasteiger partial charge in [0.25, 0.3) is 0 Å². The maximum Gasteiger partial charge on any atom is 0.167 e. The highest BCUT2D eigenvalue weighted by Gasteiger charge is 2.15. The molecule has 0 bridgehead atoms. The van der Waals surface area contributed by atoms with Crippen molar-refractivity contribution in [2.75, 3.05) is 0 Å². The van der Waals surface area contributed by atoms with Crippen LogP contribution in [0.3, 0.4) is 0 Å². The summed E-state index contributed by atoms with van der Waals surface area (Å²) in [7, 11) is 0. The number of rotatable bonds is 2. The van der Waals surface area contributed by atoms with E-state index in [4.69, 9.17) is 11.6 Å². The van der Waals surface area contributed by atoms with E-state index in [1.807, 2.05) is 29.5 Å². The number of carbonyl (C=O) groups is 1. The van der Waals surface area contributed by atoms with Crippen molar-refractivity contribution in [1.29, 1.82) is 0 Å². The Hall–Kier alpha value is 0.320. The molecule has 0 radical (unpaired) electrons. The standard InChI is InChI=1S/C6H5ClINOS/c1-2-3(10)4-5(7)11-9-6(4)8/h2H2,1H3. The minimum atomic E-state index is 0.0631. The highest BCUT2D eigenvalue weighted by Crippen LogP contribution is 2.26. The van der Waals surface area contributed by atoms with Crippen molar-refractivity contribution >= 4 is 51.5 Å². The molecule has 0 unspecified atom stereocenters. The first-order valence-electron chi connectivity index (χ1n) is 3.00. The summed E-state index contributed by atoms with van der Waals surface area (Å²) in [5.41, 5.74) is 0.583. The van der Waals surface area contributed by atoms with Crippen molar-refractivity contribution in [3.05, 3.63) is 13.6 Å². The molecule has 1 rings (SSSR count). The Morgan fingerprint density at radius 2 is 2.45 bits per heavy atom. The molecule has 5 heteroatoms. The number of Topliss-reactive ketones (excluding diaryl/α,β-unsaturated/α-hetero) is 1. The predicted molar refractivity (Wildman–Crippen MR) is 54.5 cm³/mol. The zero-order chi connectivity index (χ0) is 8.43. The molecule has 0 atom stereocenters. The summed E-state index contributed by atoms with van der Waals surface area (Å²) in [5.74, 6) is 0.0631. The van der Waals surface area contributed by atoms with Gasteiger partial charge in [-0.2, -0.15) is 4.37 Å². The van der Waals surface area contributed by atoms with Crippen LogP contribution in [0.2, 0.25) is 4.34 Å². The summed E-state index contributed by atoms with van der Waals surface area (Å²) in [4.78, 5) is 11.2. The molecule has 0 saturated carbocycles. The van der Waals surface area contributed by atoms with Crippen LogP contribution >= 0.6 is 45.7 Å². The molecule has 0 saturated heterocycles. The topological polar surface area (TPSA) is 30.0 Å². The van der Waals surface area contributed by atoms with E-state index in [1.165, 1.54) is 0 Å². The van der Waals surface area contributed by atoms with E-state index in [0.717, 1.165) is 11.5 Å². The molecule has 0 aliphatic rings. The van der Waals surface area contributed by atoms with Gasteiger partial charge in [-0.3, -0.25) is 4.79 Å². The zero-order valence-corrected chi connectivity index (χ0v) is 9.46. The van der Waals surface area contributed by atoms with E-state index < -0.39 is 0 Å². The van der Waals surface area contributed by atoms with Crippen molar-refractivity contribution < 1.29 is 4.79 Å². The third-order valence-electron chi connectivity index (χ3n) is 1.21. The minimum Gasteiger partial charge on any atom is -0.294 e. The Morgan fingerprint density at radius 3 is 2.82 bits per heavy atom. The molecular formula is C6H5ClINOS. The van der Waals surface area contributed by atoms with Crippen molar-refractivity contribution in [3.63, 3.8) is 0 Å². The number of hydrogen-bond donors (Lipinski definition) is 0. The number of aromatic nitrogens is 1. The first-order chi connectivity index (χ1) is 5.16. The number of hydrogen-bond acceptors (Lipinski definition) is 3. The van der Waals surface area contributed by atoms with Gasteiger partial charge in [-0.25, -0.2) is 0 Å². The number of nitrogens with zero attached hydrogens (tertiary/aromatic N) is 1. The normalized spacial score (nSPS) is 10.1. The van der Waals surface area contributed by atoms with E-state index >= 15 is 0 Å². The lowest BCUT2D eigenvalue weighted by Crippen LogP contribution is -1.97. The molecular weight excluding hydrogens is 296 g/mol. The van der Waals surface area contributed by atoms with Gasteiger partial charge in [0.1, 0.15) is 8.04 Å². The Bertz CT molecular complexity index is 267. The van der Waals surface area contributed by atoms with Crippen LogP contribution < -0.4 is 0 Å². The fraction of sp³-hybridized carbons (Fsp3) is 0.333. The lowest BCUT2D eigenvalue weighted by molar-refractivity contribution is 0.0987. The van der Waals surface area contributed by atoms with Crippen molar-refractivity contribution in [2.24, 2.45) is 0 Å². The van der Waals surface area contributed by atoms with Gasteiger partial charge in [0.2, 0.25) is 0 Å². The largest absolute Gasteiger partial charge is 0.294 e. The van der Waals surface area contributed by atoms with Crippen LogP contribution in [0.15, 0.2) is 0 Å². The molecule has 1 heterocycles. The Labute approximate surface area is 87.3 Å². The maximum absolute atomic E-state index is 11.2. The smallest absolute Gasteiger partial charge is 0.167 e. The third kappa shape index (κ3) is 1.91. The molecule has 2 nitrogen and oxygen atoms in total. The van der Waals surface area contributed by atoms with Crippen LogP contribution in [-0.2, 0) is 0 Å². The quantitative estimate of drug-likeness (QED) is 0.621. The lowest BCUT2D eigenvalue weighted by Gasteiger charge is -1.92. The Kier molecular flexibility index (Phi) is 3.27. The van der Waals surface area contributed by atoms with E-state index in [2.05, 4.69) is 4.37 Å². The third-order valence-corrected chi connectivity index (χ3v) is 3.35. The first-order valence-corrected chi connectivity index (χ1v) is 5.23. The van der Waals surface area contributed by atoms with E-state index in [-0.39, 0.29) is 5.78 Å². The molecule has 60 valence electrons. The summed E-state index contributed by atoms with van der Waals surface area (Å²) < 4.78 is 5.17. The van der Waals surface area contributed by atoms with E-state index in [9.17, 15) is 4.79 Å². The van der Waals surface area contributed by atoms with Crippen LogP contribution in [0, 0.1) is 3.70 Å². The monoisotopic (exact) mass is 301 g/mol. The molecule has 0 aliphatic carbocycles. The van der Waals surface area contributed by atoms with Crippen LogP contribution in [0.5, 0.6) is 0 Å². The molecule has 0 amide bonds. The summed E-state index contributed by atoms with van der Waals surface area (Å²) in [6.07, 6.45) is 0.480. The van der Waals surface area contributed by atoms with Crippen LogP contribution in [0.1, 0.15) is 23.7 Å². The van der Waals surface area contributed by atoms with Crippen LogP contribution in [-0.4, -0.2) is 10.2 Å². The summed E-state index contributed by atoms with van der Waals surface area (Å²) in [5, 5.41) is 0. The van der Waals surface area contributed by atoms with Crippen molar-refractivity contribution in [2.45, 2.75) is 13.3 Å². The van der Waals surface area contributed by atoms with Gasteiger partial charge in [0, 0.05) is 6.42 Å². The van der Waals surface area contributed by atoms with Gasteiger partial charge < -0.3 is 0 Å². The predicted octanol–water partition coefficient (Wildman–Crippen LogP) is 2.99. The highest BCUT2D eigenvalue weighted by atomic mass is 127. The van der Waals surface area contributed by atoms with Crippen molar-refractivity contribution in [1.82, 2.24) is 4.37 Å². The average Bonchev–Trinajstić information content (AvgIpc) is 2.30. The molecule has 0 aliphatic heterocycles. The van der Waals surface area contributed by atoms with Gasteiger partial charge in [-0.15, -0.1) is 0 Å². The number of ketones is 1. The van der Waals surface area contributed by atoms with Crippen LogP contribution in [0.25, 0.3) is 0 Å². The highest BCUT2D eigenvalue weighted by molar-refractivity contribution is 14.1. The summed E-state index contributed by atoms with van der Waals surface area (Å²) in [6.45, 7) is 1.81. The van der Waals surface area contributed by atoms with Crippen molar-refractivity contribution in [3.8, 4) is 0 Å². The molecule has 0 fully saturated rings. The summed E-state index contributed by atoms with van der Waals surface area (Å²) in [6, 6.07) is 0. The van der Waals surface area contributed by atoms with Crippen LogP contribution in [0.4, 0.5) is 0 Å².